The molecule has 1 saturated carbocycles. The summed E-state index contributed by atoms with van der Waals surface area (Å²) >= 11 is 0. The van der Waals surface area contributed by atoms with Gasteiger partial charge in [-0.25, -0.2) is 0 Å². The summed E-state index contributed by atoms with van der Waals surface area (Å²) in [6.07, 6.45) is 4.93. The zero-order valence-electron chi connectivity index (χ0n) is 9.00. The van der Waals surface area contributed by atoms with Crippen molar-refractivity contribution < 1.29 is 14.6 Å². The molecule has 4 heteroatoms. The van der Waals surface area contributed by atoms with E-state index in [9.17, 15) is 4.79 Å². The molecule has 2 rings (SSSR count). The lowest BCUT2D eigenvalue weighted by Crippen LogP contribution is -2.55. The van der Waals surface area contributed by atoms with Gasteiger partial charge in [0, 0.05) is 18.8 Å². The van der Waals surface area contributed by atoms with Crippen molar-refractivity contribution >= 4 is 5.97 Å². The van der Waals surface area contributed by atoms with Crippen LogP contribution in [0.1, 0.15) is 38.5 Å². The van der Waals surface area contributed by atoms with Gasteiger partial charge >= 0.3 is 5.97 Å². The number of carbonyl (C=O) groups is 1. The molecule has 0 bridgehead atoms. The van der Waals surface area contributed by atoms with Gasteiger partial charge < -0.3 is 15.6 Å². The summed E-state index contributed by atoms with van der Waals surface area (Å²) in [4.78, 5) is 10.9. The number of hydrogen-bond acceptors (Lipinski definition) is 3. The molecule has 1 saturated heterocycles. The van der Waals surface area contributed by atoms with Crippen LogP contribution in [-0.2, 0) is 9.53 Å². The summed E-state index contributed by atoms with van der Waals surface area (Å²) in [6, 6.07) is 0. The van der Waals surface area contributed by atoms with Gasteiger partial charge in [0.2, 0.25) is 0 Å². The van der Waals surface area contributed by atoms with Crippen molar-refractivity contribution in [1.82, 2.24) is 0 Å². The van der Waals surface area contributed by atoms with Crippen molar-refractivity contribution in [2.24, 2.45) is 11.1 Å². The highest BCUT2D eigenvalue weighted by Gasteiger charge is 2.53. The fraction of sp³-hybridized carbons (Fsp3) is 0.909. The second-order valence-electron chi connectivity index (χ2n) is 4.97. The number of aliphatic carboxylic acids is 1. The maximum Gasteiger partial charge on any atom is 0.305 e. The van der Waals surface area contributed by atoms with Crippen LogP contribution in [0.4, 0.5) is 0 Å². The van der Waals surface area contributed by atoms with Crippen molar-refractivity contribution in [3.8, 4) is 0 Å². The lowest BCUT2D eigenvalue weighted by atomic mass is 9.66. The molecule has 0 aromatic carbocycles. The van der Waals surface area contributed by atoms with Crippen LogP contribution in [0.2, 0.25) is 0 Å². The minimum absolute atomic E-state index is 0.0314. The molecule has 0 amide bonds. The van der Waals surface area contributed by atoms with Crippen molar-refractivity contribution in [2.45, 2.75) is 44.1 Å². The number of rotatable bonds is 2. The van der Waals surface area contributed by atoms with E-state index in [0.29, 0.717) is 0 Å². The number of carboxylic acid groups (broad SMARTS) is 1. The van der Waals surface area contributed by atoms with Crippen LogP contribution in [0.25, 0.3) is 0 Å². The molecule has 1 heterocycles. The van der Waals surface area contributed by atoms with Crippen LogP contribution in [0.15, 0.2) is 0 Å². The Morgan fingerprint density at radius 3 is 2.53 bits per heavy atom. The monoisotopic (exact) mass is 213 g/mol. The highest BCUT2D eigenvalue weighted by molar-refractivity contribution is 5.68. The predicted octanol–water partition coefficient (Wildman–Crippen LogP) is 1.14. The van der Waals surface area contributed by atoms with Crippen molar-refractivity contribution in [2.75, 3.05) is 13.2 Å². The second kappa shape index (κ2) is 3.76. The van der Waals surface area contributed by atoms with Gasteiger partial charge in [-0.1, -0.05) is 6.42 Å². The molecule has 15 heavy (non-hydrogen) atoms. The quantitative estimate of drug-likeness (QED) is 0.721. The Kier molecular flexibility index (Phi) is 2.73. The molecule has 0 radical (unpaired) electrons. The normalized spacial score (nSPS) is 34.5. The fourth-order valence-corrected chi connectivity index (χ4v) is 3.31. The summed E-state index contributed by atoms with van der Waals surface area (Å²) < 4.78 is 5.35. The van der Waals surface area contributed by atoms with Crippen LogP contribution >= 0.6 is 0 Å². The van der Waals surface area contributed by atoms with Gasteiger partial charge in [-0.2, -0.15) is 0 Å². The molecular formula is C11H19NO3. The smallest absolute Gasteiger partial charge is 0.305 e. The van der Waals surface area contributed by atoms with Crippen molar-refractivity contribution in [3.05, 3.63) is 0 Å². The standard InChI is InChI=1S/C11H19NO3/c12-11(8-9(13)14)3-1-2-10(11)4-6-15-7-5-10/h1-8,12H2,(H,13,14). The largest absolute Gasteiger partial charge is 0.481 e. The van der Waals surface area contributed by atoms with Crippen molar-refractivity contribution in [1.29, 1.82) is 0 Å². The highest BCUT2D eigenvalue weighted by atomic mass is 16.5. The third kappa shape index (κ3) is 1.76. The van der Waals surface area contributed by atoms with Gasteiger partial charge in [0.25, 0.3) is 0 Å². The van der Waals surface area contributed by atoms with E-state index >= 15 is 0 Å². The fourth-order valence-electron chi connectivity index (χ4n) is 3.31. The Hall–Kier alpha value is -0.610. The first kappa shape index (κ1) is 10.9. The maximum absolute atomic E-state index is 10.9. The Labute approximate surface area is 89.8 Å². The van der Waals surface area contributed by atoms with Crippen LogP contribution in [0.5, 0.6) is 0 Å². The molecule has 1 unspecified atom stereocenters. The van der Waals surface area contributed by atoms with E-state index in [2.05, 4.69) is 0 Å². The molecule has 2 aliphatic rings. The molecule has 86 valence electrons. The zero-order chi connectivity index (χ0) is 10.9. The third-order valence-corrected chi connectivity index (χ3v) is 4.25. The average Bonchev–Trinajstić information content (AvgIpc) is 2.44. The summed E-state index contributed by atoms with van der Waals surface area (Å²) in [5.41, 5.74) is 5.87. The molecule has 1 aliphatic carbocycles. The van der Waals surface area contributed by atoms with Gasteiger partial charge in [0.15, 0.2) is 0 Å². The maximum atomic E-state index is 10.9. The van der Waals surface area contributed by atoms with Gasteiger partial charge in [0.1, 0.15) is 0 Å². The van der Waals surface area contributed by atoms with Crippen molar-refractivity contribution in [3.63, 3.8) is 0 Å². The van der Waals surface area contributed by atoms with E-state index in [1.807, 2.05) is 0 Å². The second-order valence-corrected chi connectivity index (χ2v) is 4.97. The average molecular weight is 213 g/mol. The van der Waals surface area contributed by atoms with Gasteiger partial charge in [0.05, 0.1) is 6.42 Å². The molecule has 2 fully saturated rings. The molecule has 0 aromatic rings. The Bertz CT molecular complexity index is 261. The van der Waals surface area contributed by atoms with E-state index in [-0.39, 0.29) is 11.8 Å². The Morgan fingerprint density at radius 2 is 1.93 bits per heavy atom. The first-order valence-electron chi connectivity index (χ1n) is 5.67. The third-order valence-electron chi connectivity index (χ3n) is 4.25. The van der Waals surface area contributed by atoms with E-state index in [4.69, 9.17) is 15.6 Å². The van der Waals surface area contributed by atoms with Gasteiger partial charge in [-0.3, -0.25) is 4.79 Å². The molecule has 1 spiro atoms. The summed E-state index contributed by atoms with van der Waals surface area (Å²) in [6.45, 7) is 1.47. The summed E-state index contributed by atoms with van der Waals surface area (Å²) in [5.74, 6) is -0.773. The van der Waals surface area contributed by atoms with Gasteiger partial charge in [-0.05, 0) is 31.1 Å². The summed E-state index contributed by atoms with van der Waals surface area (Å²) in [7, 11) is 0. The first-order chi connectivity index (χ1) is 7.08. The van der Waals surface area contributed by atoms with E-state index in [1.54, 1.807) is 0 Å². The molecule has 1 aliphatic heterocycles. The van der Waals surface area contributed by atoms with Crippen LogP contribution in [0.3, 0.4) is 0 Å². The SMILES string of the molecule is NC1(CC(=O)O)CCCC12CCOCC2. The molecule has 4 nitrogen and oxygen atoms in total. The number of hydrogen-bond donors (Lipinski definition) is 2. The van der Waals surface area contributed by atoms with E-state index in [0.717, 1.165) is 45.3 Å². The van der Waals surface area contributed by atoms with Crippen LogP contribution < -0.4 is 5.73 Å². The number of carboxylic acids is 1. The number of ether oxygens (including phenoxy) is 1. The van der Waals surface area contributed by atoms with Gasteiger partial charge in [-0.15, -0.1) is 0 Å². The van der Waals surface area contributed by atoms with Crippen LogP contribution in [-0.4, -0.2) is 29.8 Å². The molecule has 3 N–H and O–H groups in total. The first-order valence-corrected chi connectivity index (χ1v) is 5.67. The molecule has 1 atom stereocenters. The summed E-state index contributed by atoms with van der Waals surface area (Å²) in [5, 5.41) is 8.94. The van der Waals surface area contributed by atoms with E-state index in [1.165, 1.54) is 0 Å². The minimum atomic E-state index is -0.773. The van der Waals surface area contributed by atoms with Crippen LogP contribution in [0, 0.1) is 5.41 Å². The lowest BCUT2D eigenvalue weighted by molar-refractivity contribution is -0.140. The molecular weight excluding hydrogens is 194 g/mol. The van der Waals surface area contributed by atoms with E-state index < -0.39 is 11.5 Å². The lowest BCUT2D eigenvalue weighted by Gasteiger charge is -2.45. The minimum Gasteiger partial charge on any atom is -0.481 e. The predicted molar refractivity (Wildman–Crippen MR) is 55.5 cm³/mol. The number of nitrogens with two attached hydrogens (primary N) is 1. The zero-order valence-corrected chi connectivity index (χ0v) is 9.00. The Morgan fingerprint density at radius 1 is 1.27 bits per heavy atom. The molecule has 0 aromatic heterocycles. The Balaban J connectivity index is 2.18. The topological polar surface area (TPSA) is 72.6 Å². The highest BCUT2D eigenvalue weighted by Crippen LogP contribution is 2.52.